The first-order valence-corrected chi connectivity index (χ1v) is 9.77. The summed E-state index contributed by atoms with van der Waals surface area (Å²) < 4.78 is 5.67. The van der Waals surface area contributed by atoms with E-state index >= 15 is 0 Å². The number of carboxylic acid groups (broad SMARTS) is 2. The number of aliphatic carboxylic acids is 2. The van der Waals surface area contributed by atoms with Crippen LogP contribution in [-0.2, 0) is 14.3 Å². The molecule has 0 radical (unpaired) electrons. The Balaban J connectivity index is 1.89. The summed E-state index contributed by atoms with van der Waals surface area (Å²) in [5.41, 5.74) is 2.94. The van der Waals surface area contributed by atoms with Gasteiger partial charge in [0.1, 0.15) is 0 Å². The molecule has 30 heavy (non-hydrogen) atoms. The molecule has 2 aliphatic heterocycles. The molecule has 2 N–H and O–H groups in total. The highest BCUT2D eigenvalue weighted by molar-refractivity contribution is 6.31. The maximum absolute atomic E-state index is 11.9. The number of carbonyl (C=O) groups is 2. The van der Waals surface area contributed by atoms with Crippen LogP contribution in [0.2, 0.25) is 5.02 Å². The van der Waals surface area contributed by atoms with Gasteiger partial charge >= 0.3 is 11.9 Å². The zero-order valence-corrected chi connectivity index (χ0v) is 16.6. The van der Waals surface area contributed by atoms with Crippen LogP contribution in [0.5, 0.6) is 0 Å². The number of hydrogen-bond acceptors (Lipinski definition) is 5. The topological polar surface area (TPSA) is 99.4 Å². The zero-order valence-electron chi connectivity index (χ0n) is 15.9. The third kappa shape index (κ3) is 3.81. The summed E-state index contributed by atoms with van der Waals surface area (Å²) in [6.45, 7) is 0.780. The van der Waals surface area contributed by atoms with Crippen LogP contribution in [0.1, 0.15) is 11.1 Å². The molecular formula is C22H19ClN2O5. The number of fused-ring (bicyclic) bond motifs is 3. The van der Waals surface area contributed by atoms with Gasteiger partial charge in [0.05, 0.1) is 43.1 Å². The van der Waals surface area contributed by atoms with Gasteiger partial charge in [-0.3, -0.25) is 4.99 Å². The molecule has 0 amide bonds. The molecule has 2 aromatic rings. The van der Waals surface area contributed by atoms with Gasteiger partial charge < -0.3 is 19.8 Å². The molecule has 2 unspecified atom stereocenters. The highest BCUT2D eigenvalue weighted by Gasteiger charge is 2.39. The van der Waals surface area contributed by atoms with Crippen LogP contribution in [0, 0.1) is 0 Å². The van der Waals surface area contributed by atoms with Gasteiger partial charge in [0.25, 0.3) is 0 Å². The summed E-state index contributed by atoms with van der Waals surface area (Å²) >= 11 is 6.29. The number of anilines is 1. The van der Waals surface area contributed by atoms with Crippen molar-refractivity contribution < 1.29 is 24.5 Å². The molecule has 4 rings (SSSR count). The average molecular weight is 427 g/mol. The number of nitrogens with zero attached hydrogens (tertiary/aromatic N) is 2. The van der Waals surface area contributed by atoms with E-state index in [1.54, 1.807) is 12.1 Å². The normalized spacial score (nSPS) is 21.2. The predicted molar refractivity (Wildman–Crippen MR) is 113 cm³/mol. The Bertz CT molecular complexity index is 1050. The maximum Gasteiger partial charge on any atom is 0.334 e. The van der Waals surface area contributed by atoms with Gasteiger partial charge in [0, 0.05) is 27.9 Å². The summed E-state index contributed by atoms with van der Waals surface area (Å²) in [5.74, 6) is -2.61. The van der Waals surface area contributed by atoms with Gasteiger partial charge in [-0.25, -0.2) is 9.59 Å². The molecule has 1 saturated heterocycles. The van der Waals surface area contributed by atoms with E-state index in [0.717, 1.165) is 28.6 Å². The molecule has 154 valence electrons. The molecule has 1 fully saturated rings. The van der Waals surface area contributed by atoms with E-state index in [1.165, 1.54) is 0 Å². The number of hydrogen-bond donors (Lipinski definition) is 2. The van der Waals surface area contributed by atoms with E-state index in [0.29, 0.717) is 18.2 Å². The molecule has 0 aromatic heterocycles. The summed E-state index contributed by atoms with van der Waals surface area (Å²) in [6.07, 6.45) is 0.734. The highest BCUT2D eigenvalue weighted by Crippen LogP contribution is 2.35. The number of benzene rings is 2. The molecule has 2 aromatic carbocycles. The molecule has 0 bridgehead atoms. The number of ether oxygens (including phenoxy) is 1. The van der Waals surface area contributed by atoms with Crippen molar-refractivity contribution in [2.75, 3.05) is 24.7 Å². The minimum Gasteiger partial charge on any atom is -0.478 e. The van der Waals surface area contributed by atoms with Crippen LogP contribution in [-0.4, -0.2) is 59.7 Å². The van der Waals surface area contributed by atoms with E-state index in [-0.39, 0.29) is 18.2 Å². The molecule has 7 nitrogen and oxygen atoms in total. The molecule has 8 heteroatoms. The monoisotopic (exact) mass is 426 g/mol. The number of rotatable bonds is 4. The molecule has 2 heterocycles. The fourth-order valence-corrected chi connectivity index (χ4v) is 4.13. The van der Waals surface area contributed by atoms with E-state index in [1.807, 2.05) is 41.3 Å². The van der Waals surface area contributed by atoms with E-state index in [4.69, 9.17) is 21.3 Å². The van der Waals surface area contributed by atoms with Gasteiger partial charge in [-0.05, 0) is 18.2 Å². The van der Waals surface area contributed by atoms with Crippen LogP contribution in [0.15, 0.2) is 65.2 Å². The van der Waals surface area contributed by atoms with Crippen LogP contribution in [0.4, 0.5) is 5.69 Å². The van der Waals surface area contributed by atoms with E-state index < -0.39 is 18.0 Å². The Morgan fingerprint density at radius 2 is 1.90 bits per heavy atom. The third-order valence-electron chi connectivity index (χ3n) is 5.20. The molecular weight excluding hydrogens is 408 g/mol. The molecule has 0 saturated carbocycles. The fourth-order valence-electron chi connectivity index (χ4n) is 3.96. The van der Waals surface area contributed by atoms with Crippen LogP contribution >= 0.6 is 11.6 Å². The van der Waals surface area contributed by atoms with Gasteiger partial charge in [0.2, 0.25) is 0 Å². The predicted octanol–water partition coefficient (Wildman–Crippen LogP) is 2.86. The van der Waals surface area contributed by atoms with Crippen molar-refractivity contribution in [3.05, 3.63) is 76.3 Å². The molecule has 2 atom stereocenters. The maximum atomic E-state index is 11.9. The Kier molecular flexibility index (Phi) is 5.57. The minimum absolute atomic E-state index is 0.0602. The van der Waals surface area contributed by atoms with Crippen molar-refractivity contribution in [3.63, 3.8) is 0 Å². The quantitative estimate of drug-likeness (QED) is 0.729. The van der Waals surface area contributed by atoms with Crippen molar-refractivity contribution in [2.24, 2.45) is 4.99 Å². The van der Waals surface area contributed by atoms with Crippen molar-refractivity contribution in [2.45, 2.75) is 12.1 Å². The lowest BCUT2D eigenvalue weighted by atomic mass is 9.96. The number of halogens is 1. The Labute approximate surface area is 177 Å². The van der Waals surface area contributed by atoms with Gasteiger partial charge in [-0.2, -0.15) is 0 Å². The molecule has 2 aliphatic rings. The standard InChI is InChI=1S/C22H19ClN2O5/c23-14-6-7-18-16(8-14)21(13-4-2-1-3-5-13)24-10-15-11-30-12-19(25(15)18)17(22(28)29)9-20(26)27/h1-9,15,19H,10-12H2,(H,26,27)(H,28,29)/b17-9-. The highest BCUT2D eigenvalue weighted by atomic mass is 35.5. The number of carboxylic acids is 2. The summed E-state index contributed by atoms with van der Waals surface area (Å²) in [5, 5.41) is 19.4. The van der Waals surface area contributed by atoms with Crippen LogP contribution < -0.4 is 4.90 Å². The molecule has 0 spiro atoms. The second-order valence-corrected chi connectivity index (χ2v) is 7.51. The first-order valence-electron chi connectivity index (χ1n) is 9.39. The second-order valence-electron chi connectivity index (χ2n) is 7.07. The third-order valence-corrected chi connectivity index (χ3v) is 5.43. The number of aliphatic imine (C=N–C) groups is 1. The van der Waals surface area contributed by atoms with Crippen molar-refractivity contribution in [1.82, 2.24) is 0 Å². The average Bonchev–Trinajstić information content (AvgIpc) is 2.89. The van der Waals surface area contributed by atoms with Crippen molar-refractivity contribution in [3.8, 4) is 0 Å². The van der Waals surface area contributed by atoms with E-state index in [2.05, 4.69) is 0 Å². The van der Waals surface area contributed by atoms with Crippen LogP contribution in [0.3, 0.4) is 0 Å². The van der Waals surface area contributed by atoms with Gasteiger partial charge in [0.15, 0.2) is 0 Å². The fraction of sp³-hybridized carbons (Fsp3) is 0.227. The summed E-state index contributed by atoms with van der Waals surface area (Å²) in [6, 6.07) is 14.0. The first kappa shape index (κ1) is 20.1. The molecule has 0 aliphatic carbocycles. The second kappa shape index (κ2) is 8.30. The van der Waals surface area contributed by atoms with Crippen LogP contribution in [0.25, 0.3) is 0 Å². The Morgan fingerprint density at radius 3 is 2.60 bits per heavy atom. The lowest BCUT2D eigenvalue weighted by Crippen LogP contribution is -2.55. The SMILES string of the molecule is O=C(O)/C=C(\C(=O)O)C1COCC2CN=C(c3ccccc3)c3cc(Cl)ccc3N21. The summed E-state index contributed by atoms with van der Waals surface area (Å²) in [4.78, 5) is 29.9. The van der Waals surface area contributed by atoms with Gasteiger partial charge in [-0.1, -0.05) is 41.9 Å². The largest absolute Gasteiger partial charge is 0.478 e. The Morgan fingerprint density at radius 1 is 1.13 bits per heavy atom. The zero-order chi connectivity index (χ0) is 21.3. The lowest BCUT2D eigenvalue weighted by molar-refractivity contribution is -0.135. The number of morpholine rings is 1. The first-order chi connectivity index (χ1) is 14.5. The van der Waals surface area contributed by atoms with E-state index in [9.17, 15) is 19.8 Å². The smallest absolute Gasteiger partial charge is 0.334 e. The summed E-state index contributed by atoms with van der Waals surface area (Å²) in [7, 11) is 0. The minimum atomic E-state index is -1.32. The Hall–Kier alpha value is -3.16. The van der Waals surface area contributed by atoms with Crippen molar-refractivity contribution in [1.29, 1.82) is 0 Å². The van der Waals surface area contributed by atoms with Crippen molar-refractivity contribution >= 4 is 34.9 Å². The lowest BCUT2D eigenvalue weighted by Gasteiger charge is -2.43. The van der Waals surface area contributed by atoms with Gasteiger partial charge in [-0.15, -0.1) is 0 Å².